The first-order valence-electron chi connectivity index (χ1n) is 8.88. The summed E-state index contributed by atoms with van der Waals surface area (Å²) in [7, 11) is 2.39. The Kier molecular flexibility index (Phi) is 5.21. The number of aryl methyl sites for hydroxylation is 1. The van der Waals surface area contributed by atoms with Gasteiger partial charge in [0.1, 0.15) is 8.07 Å². The van der Waals surface area contributed by atoms with Crippen molar-refractivity contribution in [2.75, 3.05) is 14.1 Å². The molecule has 0 radical (unpaired) electrons. The molecule has 0 saturated carbocycles. The van der Waals surface area contributed by atoms with Crippen molar-refractivity contribution in [3.63, 3.8) is 0 Å². The predicted molar refractivity (Wildman–Crippen MR) is 111 cm³/mol. The van der Waals surface area contributed by atoms with Gasteiger partial charge in [-0.25, -0.2) is 0 Å². The number of hydrogen-bond donors (Lipinski definition) is 0. The molecule has 128 valence electrons. The van der Waals surface area contributed by atoms with Gasteiger partial charge in [0.15, 0.2) is 0 Å². The van der Waals surface area contributed by atoms with Crippen molar-refractivity contribution >= 4 is 18.4 Å². The van der Waals surface area contributed by atoms with E-state index in [1.54, 1.807) is 0 Å². The Bertz CT molecular complexity index is 772. The van der Waals surface area contributed by atoms with E-state index in [-0.39, 0.29) is 0 Å². The fourth-order valence-corrected chi connectivity index (χ4v) is 8.76. The van der Waals surface area contributed by atoms with E-state index in [0.717, 1.165) is 0 Å². The molecule has 0 N–H and O–H groups in total. The molecular weight excluding hydrogens is 318 g/mol. The van der Waals surface area contributed by atoms with E-state index < -0.39 is 8.07 Å². The molecule has 3 aromatic rings. The van der Waals surface area contributed by atoms with Gasteiger partial charge in [0.25, 0.3) is 0 Å². The van der Waals surface area contributed by atoms with Crippen molar-refractivity contribution in [1.82, 2.24) is 4.90 Å². The van der Waals surface area contributed by atoms with Crippen LogP contribution in [0.25, 0.3) is 0 Å². The second kappa shape index (κ2) is 7.38. The lowest BCUT2D eigenvalue weighted by Gasteiger charge is -2.41. The lowest BCUT2D eigenvalue weighted by Crippen LogP contribution is -2.63. The predicted octanol–water partition coefficient (Wildman–Crippen LogP) is 4.03. The Labute approximate surface area is 153 Å². The highest BCUT2D eigenvalue weighted by atomic mass is 28.3. The quantitative estimate of drug-likeness (QED) is 0.631. The molecule has 1 atom stereocenters. The third-order valence-electron chi connectivity index (χ3n) is 5.29. The van der Waals surface area contributed by atoms with E-state index >= 15 is 0 Å². The summed E-state index contributed by atoms with van der Waals surface area (Å²) in [5, 5.41) is 2.95. The third-order valence-corrected chi connectivity index (χ3v) is 10.3. The van der Waals surface area contributed by atoms with Crippen LogP contribution in [-0.4, -0.2) is 27.1 Å². The van der Waals surface area contributed by atoms with Gasteiger partial charge in [-0.1, -0.05) is 102 Å². The van der Waals surface area contributed by atoms with Crippen LogP contribution in [0.5, 0.6) is 0 Å². The van der Waals surface area contributed by atoms with Crippen LogP contribution < -0.4 is 10.4 Å². The molecule has 3 aromatic carbocycles. The Morgan fingerprint density at radius 1 is 0.680 bits per heavy atom. The molecule has 0 spiro atoms. The zero-order chi connectivity index (χ0) is 17.9. The van der Waals surface area contributed by atoms with E-state index in [0.29, 0.717) is 5.67 Å². The van der Waals surface area contributed by atoms with Crippen molar-refractivity contribution in [3.8, 4) is 0 Å². The first-order valence-corrected chi connectivity index (χ1v) is 11.5. The standard InChI is InChI=1S/C23H27NSi/c1-19-13-11-12-18-22(19)23(24(2)3)25(4,20-14-7-5-8-15-20)21-16-9-6-10-17-21/h5-18,23H,1-4H3. The van der Waals surface area contributed by atoms with E-state index in [9.17, 15) is 0 Å². The van der Waals surface area contributed by atoms with Crippen LogP contribution in [0.4, 0.5) is 0 Å². The zero-order valence-electron chi connectivity index (χ0n) is 15.6. The lowest BCUT2D eigenvalue weighted by molar-refractivity contribution is 0.373. The summed E-state index contributed by atoms with van der Waals surface area (Å²) in [6, 6.07) is 31.0. The van der Waals surface area contributed by atoms with Gasteiger partial charge in [-0.3, -0.25) is 0 Å². The normalized spacial score (nSPS) is 13.0. The number of nitrogens with zero attached hydrogens (tertiary/aromatic N) is 1. The van der Waals surface area contributed by atoms with Crippen LogP contribution in [0.1, 0.15) is 16.8 Å². The van der Waals surface area contributed by atoms with Crippen molar-refractivity contribution in [3.05, 3.63) is 96.1 Å². The molecule has 25 heavy (non-hydrogen) atoms. The molecule has 2 heteroatoms. The molecule has 0 fully saturated rings. The largest absolute Gasteiger partial charge is 0.304 e. The van der Waals surface area contributed by atoms with Crippen LogP contribution in [0.2, 0.25) is 6.55 Å². The van der Waals surface area contributed by atoms with Gasteiger partial charge in [-0.05, 0) is 32.1 Å². The number of hydrogen-bond acceptors (Lipinski definition) is 1. The molecule has 3 rings (SSSR count). The van der Waals surface area contributed by atoms with Crippen LogP contribution >= 0.6 is 0 Å². The average Bonchev–Trinajstić information content (AvgIpc) is 2.64. The van der Waals surface area contributed by atoms with Crippen LogP contribution in [0.15, 0.2) is 84.9 Å². The first-order chi connectivity index (χ1) is 12.0. The van der Waals surface area contributed by atoms with Gasteiger partial charge in [0.05, 0.1) is 0 Å². The van der Waals surface area contributed by atoms with Gasteiger partial charge >= 0.3 is 0 Å². The highest BCUT2D eigenvalue weighted by Crippen LogP contribution is 2.31. The maximum Gasteiger partial charge on any atom is 0.137 e. The lowest BCUT2D eigenvalue weighted by atomic mass is 10.1. The van der Waals surface area contributed by atoms with Crippen molar-refractivity contribution in [2.24, 2.45) is 0 Å². The Morgan fingerprint density at radius 3 is 1.56 bits per heavy atom. The van der Waals surface area contributed by atoms with Crippen molar-refractivity contribution in [2.45, 2.75) is 19.1 Å². The van der Waals surface area contributed by atoms with Gasteiger partial charge < -0.3 is 4.90 Å². The molecule has 1 unspecified atom stereocenters. The zero-order valence-corrected chi connectivity index (χ0v) is 16.6. The summed E-state index contributed by atoms with van der Waals surface area (Å²) in [6.45, 7) is 4.74. The summed E-state index contributed by atoms with van der Waals surface area (Å²) < 4.78 is 0. The fraction of sp³-hybridized carbons (Fsp3) is 0.217. The minimum absolute atomic E-state index is 0.374. The molecule has 0 aromatic heterocycles. The summed E-state index contributed by atoms with van der Waals surface area (Å²) in [4.78, 5) is 2.41. The second-order valence-corrected chi connectivity index (χ2v) is 11.3. The molecular formula is C23H27NSi. The molecule has 0 saturated heterocycles. The Morgan fingerprint density at radius 2 is 1.12 bits per heavy atom. The third kappa shape index (κ3) is 3.32. The minimum atomic E-state index is -2.04. The van der Waals surface area contributed by atoms with Gasteiger partial charge in [0, 0.05) is 5.67 Å². The van der Waals surface area contributed by atoms with Crippen LogP contribution in [0.3, 0.4) is 0 Å². The van der Waals surface area contributed by atoms with Crippen LogP contribution in [-0.2, 0) is 0 Å². The van der Waals surface area contributed by atoms with E-state index in [1.165, 1.54) is 21.5 Å². The highest BCUT2D eigenvalue weighted by molar-refractivity contribution is 7.02. The second-order valence-electron chi connectivity index (χ2n) is 7.16. The summed E-state index contributed by atoms with van der Waals surface area (Å²) >= 11 is 0. The molecule has 0 heterocycles. The van der Waals surface area contributed by atoms with E-state index in [4.69, 9.17) is 0 Å². The summed E-state index contributed by atoms with van der Waals surface area (Å²) in [6.07, 6.45) is 0. The number of benzene rings is 3. The minimum Gasteiger partial charge on any atom is -0.304 e. The highest BCUT2D eigenvalue weighted by Gasteiger charge is 2.42. The van der Waals surface area contributed by atoms with Crippen molar-refractivity contribution < 1.29 is 0 Å². The SMILES string of the molecule is Cc1ccccc1C(N(C)C)[Si](C)(c1ccccc1)c1ccccc1. The van der Waals surface area contributed by atoms with E-state index in [2.05, 4.69) is 117 Å². The molecule has 1 nitrogen and oxygen atoms in total. The van der Waals surface area contributed by atoms with Gasteiger partial charge in [-0.15, -0.1) is 0 Å². The fourth-order valence-electron chi connectivity index (χ4n) is 4.05. The molecule has 0 amide bonds. The average molecular weight is 346 g/mol. The topological polar surface area (TPSA) is 3.24 Å². The molecule has 0 aliphatic rings. The molecule has 0 bridgehead atoms. The maximum atomic E-state index is 2.51. The molecule has 0 aliphatic carbocycles. The first kappa shape index (κ1) is 17.7. The Balaban J connectivity index is 2.28. The molecule has 0 aliphatic heterocycles. The summed E-state index contributed by atoms with van der Waals surface area (Å²) in [5.74, 6) is 0. The summed E-state index contributed by atoms with van der Waals surface area (Å²) in [5.41, 5.74) is 3.18. The Hall–Kier alpha value is -2.16. The smallest absolute Gasteiger partial charge is 0.137 e. The maximum absolute atomic E-state index is 2.51. The van der Waals surface area contributed by atoms with Crippen molar-refractivity contribution in [1.29, 1.82) is 0 Å². The monoisotopic (exact) mass is 345 g/mol. The van der Waals surface area contributed by atoms with Crippen LogP contribution in [0, 0.1) is 6.92 Å². The van der Waals surface area contributed by atoms with Gasteiger partial charge in [-0.2, -0.15) is 0 Å². The van der Waals surface area contributed by atoms with E-state index in [1.807, 2.05) is 0 Å². The van der Waals surface area contributed by atoms with Gasteiger partial charge in [0.2, 0.25) is 0 Å². The number of rotatable bonds is 5.